The molecule has 120 valence electrons. The van der Waals surface area contributed by atoms with Crippen LogP contribution in [0.1, 0.15) is 69.8 Å². The molecule has 2 aromatic heterocycles. The number of unbranched alkanes of at least 4 members (excludes halogenated alkanes) is 2. The Labute approximate surface area is 133 Å². The summed E-state index contributed by atoms with van der Waals surface area (Å²) >= 11 is 0. The van der Waals surface area contributed by atoms with Crippen LogP contribution in [0.2, 0.25) is 0 Å². The van der Waals surface area contributed by atoms with Crippen LogP contribution >= 0.6 is 0 Å². The Balaban J connectivity index is 2.43. The van der Waals surface area contributed by atoms with Crippen LogP contribution in [0.4, 0.5) is 0 Å². The molecule has 0 aliphatic carbocycles. The van der Waals surface area contributed by atoms with Crippen LogP contribution in [0.5, 0.6) is 0 Å². The molecule has 1 atom stereocenters. The van der Waals surface area contributed by atoms with E-state index in [1.165, 1.54) is 0 Å². The number of aliphatic hydroxyl groups excluding tert-OH is 1. The molecule has 0 aromatic carbocycles. The van der Waals surface area contributed by atoms with Crippen molar-refractivity contribution in [3.63, 3.8) is 0 Å². The zero-order valence-corrected chi connectivity index (χ0v) is 13.7. The molecular weight excluding hydrogens is 274 g/mol. The van der Waals surface area contributed by atoms with Crippen molar-refractivity contribution in [1.29, 1.82) is 0 Å². The van der Waals surface area contributed by atoms with Gasteiger partial charge in [0, 0.05) is 17.8 Å². The summed E-state index contributed by atoms with van der Waals surface area (Å²) in [6, 6.07) is 7.75. The minimum atomic E-state index is -0.634. The second-order valence-corrected chi connectivity index (χ2v) is 6.02. The second-order valence-electron chi connectivity index (χ2n) is 6.02. The van der Waals surface area contributed by atoms with Gasteiger partial charge in [-0.25, -0.2) is 0 Å². The monoisotopic (exact) mass is 301 g/mol. The Morgan fingerprint density at radius 2 is 1.86 bits per heavy atom. The van der Waals surface area contributed by atoms with Crippen molar-refractivity contribution in [2.45, 2.75) is 63.9 Å². The molecule has 3 nitrogen and oxygen atoms in total. The lowest BCUT2D eigenvalue weighted by atomic mass is 9.68. The number of nitrogens with zero attached hydrogens (tertiary/aromatic N) is 1. The van der Waals surface area contributed by atoms with E-state index in [-0.39, 0.29) is 5.41 Å². The predicted octanol–water partition coefficient (Wildman–Crippen LogP) is 5.03. The maximum absolute atomic E-state index is 11.1. The van der Waals surface area contributed by atoms with Gasteiger partial charge in [-0.05, 0) is 36.6 Å². The van der Waals surface area contributed by atoms with E-state index in [9.17, 15) is 5.11 Å². The zero-order valence-electron chi connectivity index (χ0n) is 13.7. The summed E-state index contributed by atoms with van der Waals surface area (Å²) in [7, 11) is 0. The highest BCUT2D eigenvalue weighted by atomic mass is 16.4. The van der Waals surface area contributed by atoms with Crippen LogP contribution in [-0.4, -0.2) is 10.1 Å². The summed E-state index contributed by atoms with van der Waals surface area (Å²) < 4.78 is 5.51. The van der Waals surface area contributed by atoms with Crippen molar-refractivity contribution < 1.29 is 9.52 Å². The Bertz CT molecular complexity index is 514. The number of aromatic nitrogens is 1. The van der Waals surface area contributed by atoms with Gasteiger partial charge in [0.1, 0.15) is 11.9 Å². The first kappa shape index (κ1) is 16.8. The molecule has 1 unspecified atom stereocenters. The predicted molar refractivity (Wildman–Crippen MR) is 88.6 cm³/mol. The minimum absolute atomic E-state index is 0.321. The third-order valence-electron chi connectivity index (χ3n) is 4.53. The lowest BCUT2D eigenvalue weighted by Crippen LogP contribution is -2.34. The fourth-order valence-corrected chi connectivity index (χ4v) is 3.21. The highest BCUT2D eigenvalue weighted by Gasteiger charge is 2.40. The lowest BCUT2D eigenvalue weighted by Gasteiger charge is -2.38. The van der Waals surface area contributed by atoms with Gasteiger partial charge in [-0.2, -0.15) is 0 Å². The Morgan fingerprint density at radius 1 is 1.14 bits per heavy atom. The van der Waals surface area contributed by atoms with Crippen molar-refractivity contribution in [3.05, 3.63) is 54.2 Å². The summed E-state index contributed by atoms with van der Waals surface area (Å²) in [5.41, 5.74) is 0.791. The first-order chi connectivity index (χ1) is 10.7. The van der Waals surface area contributed by atoms with Gasteiger partial charge < -0.3 is 9.52 Å². The molecule has 0 saturated heterocycles. The Kier molecular flexibility index (Phi) is 6.20. The maximum Gasteiger partial charge on any atom is 0.133 e. The quantitative estimate of drug-likeness (QED) is 0.707. The molecule has 0 aliphatic heterocycles. The van der Waals surface area contributed by atoms with Gasteiger partial charge in [0.15, 0.2) is 0 Å². The van der Waals surface area contributed by atoms with Gasteiger partial charge in [0.25, 0.3) is 0 Å². The Hall–Kier alpha value is -1.61. The van der Waals surface area contributed by atoms with Crippen LogP contribution in [0, 0.1) is 0 Å². The molecular formula is C19H27NO2. The molecule has 0 amide bonds. The Morgan fingerprint density at radius 3 is 2.36 bits per heavy atom. The van der Waals surface area contributed by atoms with Crippen LogP contribution < -0.4 is 0 Å². The molecule has 0 radical (unpaired) electrons. The first-order valence-electron chi connectivity index (χ1n) is 8.36. The first-order valence-corrected chi connectivity index (χ1v) is 8.36. The van der Waals surface area contributed by atoms with Crippen molar-refractivity contribution in [1.82, 2.24) is 4.98 Å². The smallest absolute Gasteiger partial charge is 0.133 e. The van der Waals surface area contributed by atoms with Gasteiger partial charge in [-0.15, -0.1) is 0 Å². The maximum atomic E-state index is 11.1. The SMILES string of the molecule is CCCCC(CCCC)(c1cccnc1)C(O)c1ccco1. The van der Waals surface area contributed by atoms with Gasteiger partial charge >= 0.3 is 0 Å². The molecule has 2 rings (SSSR count). The summed E-state index contributed by atoms with van der Waals surface area (Å²) in [6.45, 7) is 4.38. The van der Waals surface area contributed by atoms with Gasteiger partial charge in [0.05, 0.1) is 6.26 Å². The average Bonchev–Trinajstić information content (AvgIpc) is 3.10. The van der Waals surface area contributed by atoms with E-state index >= 15 is 0 Å². The molecule has 0 fully saturated rings. The van der Waals surface area contributed by atoms with Crippen LogP contribution in [0.3, 0.4) is 0 Å². The van der Waals surface area contributed by atoms with Crippen LogP contribution in [0.15, 0.2) is 47.3 Å². The van der Waals surface area contributed by atoms with Gasteiger partial charge in [-0.3, -0.25) is 4.98 Å². The number of hydrogen-bond acceptors (Lipinski definition) is 3. The van der Waals surface area contributed by atoms with Crippen molar-refractivity contribution in [2.24, 2.45) is 0 Å². The van der Waals surface area contributed by atoms with Gasteiger partial charge in [0.2, 0.25) is 0 Å². The summed E-state index contributed by atoms with van der Waals surface area (Å²) in [5.74, 6) is 0.649. The molecule has 2 heterocycles. The molecule has 1 N–H and O–H groups in total. The normalized spacial score (nSPS) is 13.2. The number of aliphatic hydroxyl groups is 1. The molecule has 0 spiro atoms. The summed E-state index contributed by atoms with van der Waals surface area (Å²) in [5, 5.41) is 11.1. The number of rotatable bonds is 9. The van der Waals surface area contributed by atoms with Crippen molar-refractivity contribution in [2.75, 3.05) is 0 Å². The fourth-order valence-electron chi connectivity index (χ4n) is 3.21. The van der Waals surface area contributed by atoms with E-state index in [1.54, 1.807) is 12.5 Å². The van der Waals surface area contributed by atoms with Crippen molar-refractivity contribution in [3.8, 4) is 0 Å². The lowest BCUT2D eigenvalue weighted by molar-refractivity contribution is 0.0449. The van der Waals surface area contributed by atoms with Crippen LogP contribution in [-0.2, 0) is 5.41 Å². The molecule has 22 heavy (non-hydrogen) atoms. The number of furan rings is 1. The summed E-state index contributed by atoms with van der Waals surface area (Å²) in [6.07, 6.45) is 10.9. The fraction of sp³-hybridized carbons (Fsp3) is 0.526. The molecule has 2 aromatic rings. The topological polar surface area (TPSA) is 46.3 Å². The van der Waals surface area contributed by atoms with E-state index < -0.39 is 6.10 Å². The molecule has 3 heteroatoms. The third-order valence-corrected chi connectivity index (χ3v) is 4.53. The van der Waals surface area contributed by atoms with Crippen molar-refractivity contribution >= 4 is 0 Å². The largest absolute Gasteiger partial charge is 0.467 e. The van der Waals surface area contributed by atoms with Crippen LogP contribution in [0.25, 0.3) is 0 Å². The number of hydrogen-bond donors (Lipinski definition) is 1. The van der Waals surface area contributed by atoms with E-state index in [1.807, 2.05) is 24.4 Å². The minimum Gasteiger partial charge on any atom is -0.467 e. The highest BCUT2D eigenvalue weighted by molar-refractivity contribution is 5.27. The third kappa shape index (κ3) is 3.58. The molecule has 0 bridgehead atoms. The van der Waals surface area contributed by atoms with E-state index in [4.69, 9.17) is 4.42 Å². The van der Waals surface area contributed by atoms with E-state index in [2.05, 4.69) is 24.9 Å². The second kappa shape index (κ2) is 8.14. The number of pyridine rings is 1. The molecule has 0 saturated carbocycles. The van der Waals surface area contributed by atoms with Gasteiger partial charge in [-0.1, -0.05) is 45.6 Å². The van der Waals surface area contributed by atoms with E-state index in [0.29, 0.717) is 5.76 Å². The molecule has 0 aliphatic rings. The standard InChI is InChI=1S/C19H27NO2/c1-3-5-11-19(12-6-4-2,16-9-7-13-20-15-16)18(21)17-10-8-14-22-17/h7-10,13-15,18,21H,3-6,11-12H2,1-2H3. The average molecular weight is 301 g/mol. The summed E-state index contributed by atoms with van der Waals surface area (Å²) in [4.78, 5) is 4.29. The highest BCUT2D eigenvalue weighted by Crippen LogP contribution is 2.45. The van der Waals surface area contributed by atoms with E-state index in [0.717, 1.165) is 44.1 Å². The zero-order chi connectivity index (χ0) is 15.8.